The van der Waals surface area contributed by atoms with Gasteiger partial charge >= 0.3 is 0 Å². The second-order valence-corrected chi connectivity index (χ2v) is 6.97. The molecule has 3 heterocycles. The number of rotatable bonds is 6. The summed E-state index contributed by atoms with van der Waals surface area (Å²) in [5.74, 6) is 0.740. The van der Waals surface area contributed by atoms with Crippen LogP contribution in [-0.4, -0.2) is 53.4 Å². The van der Waals surface area contributed by atoms with Crippen LogP contribution in [0.25, 0.3) is 0 Å². The number of hydrogen-bond acceptors (Lipinski definition) is 4. The third-order valence-electron chi connectivity index (χ3n) is 5.23. The fourth-order valence-corrected chi connectivity index (χ4v) is 3.83. The maximum Gasteiger partial charge on any atom is 0.223 e. The van der Waals surface area contributed by atoms with E-state index in [2.05, 4.69) is 10.4 Å². The Kier molecular flexibility index (Phi) is 6.26. The minimum atomic E-state index is 0.108. The van der Waals surface area contributed by atoms with Crippen molar-refractivity contribution in [1.82, 2.24) is 20.0 Å². The van der Waals surface area contributed by atoms with Gasteiger partial charge in [0.25, 0.3) is 0 Å². The Hall–Kier alpha value is -1.40. The van der Waals surface area contributed by atoms with E-state index >= 15 is 0 Å². The Balaban J connectivity index is 1.43. The SMILES string of the molecule is Cn1nccc1[C@@H]1OCCC[C@H]1CNCCC(=O)N1CCCCC1. The van der Waals surface area contributed by atoms with Crippen molar-refractivity contribution in [2.45, 2.75) is 44.6 Å². The van der Waals surface area contributed by atoms with Crippen LogP contribution in [-0.2, 0) is 16.6 Å². The van der Waals surface area contributed by atoms with Gasteiger partial charge < -0.3 is 15.0 Å². The van der Waals surface area contributed by atoms with Gasteiger partial charge in [0.15, 0.2) is 0 Å². The molecule has 0 aromatic carbocycles. The first kappa shape index (κ1) is 17.4. The molecule has 6 nitrogen and oxygen atoms in total. The van der Waals surface area contributed by atoms with Crippen molar-refractivity contribution in [2.75, 3.05) is 32.8 Å². The molecule has 2 fully saturated rings. The topological polar surface area (TPSA) is 59.4 Å². The molecule has 2 saturated heterocycles. The van der Waals surface area contributed by atoms with Crippen molar-refractivity contribution in [3.05, 3.63) is 18.0 Å². The first-order valence-corrected chi connectivity index (χ1v) is 9.33. The average molecular weight is 334 g/mol. The summed E-state index contributed by atoms with van der Waals surface area (Å²) in [5, 5.41) is 7.74. The molecule has 6 heteroatoms. The predicted octanol–water partition coefficient (Wildman–Crippen LogP) is 1.88. The molecule has 0 aliphatic carbocycles. The number of likely N-dealkylation sites (tertiary alicyclic amines) is 1. The van der Waals surface area contributed by atoms with Crippen LogP contribution in [0.15, 0.2) is 12.3 Å². The minimum absolute atomic E-state index is 0.108. The van der Waals surface area contributed by atoms with Crippen molar-refractivity contribution >= 4 is 5.91 Å². The molecule has 3 rings (SSSR count). The molecule has 2 aliphatic rings. The predicted molar refractivity (Wildman–Crippen MR) is 92.5 cm³/mol. The fraction of sp³-hybridized carbons (Fsp3) is 0.778. The van der Waals surface area contributed by atoms with Gasteiger partial charge in [-0.1, -0.05) is 0 Å². The molecule has 134 valence electrons. The first-order valence-electron chi connectivity index (χ1n) is 9.33. The normalized spacial score (nSPS) is 25.0. The highest BCUT2D eigenvalue weighted by molar-refractivity contribution is 5.76. The summed E-state index contributed by atoms with van der Waals surface area (Å²) in [6.45, 7) is 4.35. The summed E-state index contributed by atoms with van der Waals surface area (Å²) in [6, 6.07) is 2.04. The van der Waals surface area contributed by atoms with Crippen molar-refractivity contribution < 1.29 is 9.53 Å². The number of hydrogen-bond donors (Lipinski definition) is 1. The Morgan fingerprint density at radius 2 is 2.17 bits per heavy atom. The maximum atomic E-state index is 12.2. The number of amides is 1. The second kappa shape index (κ2) is 8.62. The summed E-state index contributed by atoms with van der Waals surface area (Å²) >= 11 is 0. The Labute approximate surface area is 144 Å². The standard InChI is InChI=1S/C18H30N4O2/c1-21-16(7-10-20-21)18-15(6-5-13-24-18)14-19-9-8-17(23)22-11-3-2-4-12-22/h7,10,15,18-19H,2-6,8-9,11-14H2,1H3/t15-,18+/m0/s1. The van der Waals surface area contributed by atoms with Gasteiger partial charge in [0.2, 0.25) is 5.91 Å². The Bertz CT molecular complexity index is 525. The van der Waals surface area contributed by atoms with Crippen LogP contribution < -0.4 is 5.32 Å². The number of nitrogens with zero attached hydrogens (tertiary/aromatic N) is 3. The number of carbonyl (C=O) groups is 1. The molecule has 2 aliphatic heterocycles. The Morgan fingerprint density at radius 3 is 2.92 bits per heavy atom. The van der Waals surface area contributed by atoms with E-state index in [1.54, 1.807) is 0 Å². The largest absolute Gasteiger partial charge is 0.372 e. The Morgan fingerprint density at radius 1 is 1.33 bits per heavy atom. The van der Waals surface area contributed by atoms with Gasteiger partial charge in [-0.05, 0) is 38.2 Å². The highest BCUT2D eigenvalue weighted by Crippen LogP contribution is 2.32. The lowest BCUT2D eigenvalue weighted by molar-refractivity contribution is -0.132. The highest BCUT2D eigenvalue weighted by atomic mass is 16.5. The van der Waals surface area contributed by atoms with E-state index in [4.69, 9.17) is 4.74 Å². The van der Waals surface area contributed by atoms with E-state index in [1.807, 2.05) is 28.9 Å². The number of ether oxygens (including phenoxy) is 1. The van der Waals surface area contributed by atoms with E-state index in [-0.39, 0.29) is 6.10 Å². The number of aromatic nitrogens is 2. The van der Waals surface area contributed by atoms with Gasteiger partial charge in [0, 0.05) is 58.4 Å². The quantitative estimate of drug-likeness (QED) is 0.807. The lowest BCUT2D eigenvalue weighted by atomic mass is 9.92. The molecule has 0 radical (unpaired) electrons. The molecule has 0 bridgehead atoms. The van der Waals surface area contributed by atoms with E-state index in [1.165, 1.54) is 6.42 Å². The molecule has 24 heavy (non-hydrogen) atoms. The first-order chi connectivity index (χ1) is 11.8. The van der Waals surface area contributed by atoms with E-state index in [9.17, 15) is 4.79 Å². The monoisotopic (exact) mass is 334 g/mol. The minimum Gasteiger partial charge on any atom is -0.372 e. The zero-order chi connectivity index (χ0) is 16.8. The van der Waals surface area contributed by atoms with Gasteiger partial charge in [-0.3, -0.25) is 9.48 Å². The van der Waals surface area contributed by atoms with E-state index < -0.39 is 0 Å². The average Bonchev–Trinajstić information content (AvgIpc) is 3.05. The van der Waals surface area contributed by atoms with Gasteiger partial charge in [-0.15, -0.1) is 0 Å². The van der Waals surface area contributed by atoms with E-state index in [0.29, 0.717) is 18.2 Å². The molecule has 0 spiro atoms. The van der Waals surface area contributed by atoms with Crippen LogP contribution in [0.1, 0.15) is 50.3 Å². The summed E-state index contributed by atoms with van der Waals surface area (Å²) in [6.07, 6.45) is 8.38. The zero-order valence-corrected chi connectivity index (χ0v) is 14.7. The van der Waals surface area contributed by atoms with Crippen LogP contribution in [0, 0.1) is 5.92 Å². The third kappa shape index (κ3) is 4.36. The van der Waals surface area contributed by atoms with E-state index in [0.717, 1.165) is 64.2 Å². The number of carbonyl (C=O) groups excluding carboxylic acids is 1. The van der Waals surface area contributed by atoms with Crippen LogP contribution in [0.2, 0.25) is 0 Å². The molecule has 1 aromatic heterocycles. The number of aryl methyl sites for hydroxylation is 1. The van der Waals surface area contributed by atoms with Crippen molar-refractivity contribution in [3.63, 3.8) is 0 Å². The smallest absolute Gasteiger partial charge is 0.223 e. The van der Waals surface area contributed by atoms with Crippen LogP contribution in [0.4, 0.5) is 0 Å². The van der Waals surface area contributed by atoms with Crippen molar-refractivity contribution in [1.29, 1.82) is 0 Å². The van der Waals surface area contributed by atoms with Crippen LogP contribution in [0.3, 0.4) is 0 Å². The molecule has 0 unspecified atom stereocenters. The maximum absolute atomic E-state index is 12.2. The van der Waals surface area contributed by atoms with Crippen LogP contribution in [0.5, 0.6) is 0 Å². The summed E-state index contributed by atoms with van der Waals surface area (Å²) in [7, 11) is 1.97. The summed E-state index contributed by atoms with van der Waals surface area (Å²) in [4.78, 5) is 14.2. The molecular weight excluding hydrogens is 304 g/mol. The van der Waals surface area contributed by atoms with Gasteiger partial charge in [-0.25, -0.2) is 0 Å². The van der Waals surface area contributed by atoms with Gasteiger partial charge in [0.05, 0.1) is 5.69 Å². The second-order valence-electron chi connectivity index (χ2n) is 6.97. The van der Waals surface area contributed by atoms with Crippen LogP contribution >= 0.6 is 0 Å². The lowest BCUT2D eigenvalue weighted by Crippen LogP contribution is -2.38. The molecule has 1 N–H and O–H groups in total. The molecular formula is C18H30N4O2. The van der Waals surface area contributed by atoms with Gasteiger partial charge in [0.1, 0.15) is 6.10 Å². The molecule has 1 aromatic rings. The molecule has 1 amide bonds. The lowest BCUT2D eigenvalue weighted by Gasteiger charge is -2.32. The van der Waals surface area contributed by atoms with Crippen molar-refractivity contribution in [2.24, 2.45) is 13.0 Å². The van der Waals surface area contributed by atoms with Gasteiger partial charge in [-0.2, -0.15) is 5.10 Å². The summed E-state index contributed by atoms with van der Waals surface area (Å²) in [5.41, 5.74) is 1.14. The number of nitrogens with one attached hydrogen (secondary N) is 1. The third-order valence-corrected chi connectivity index (χ3v) is 5.23. The summed E-state index contributed by atoms with van der Waals surface area (Å²) < 4.78 is 7.92. The molecule has 0 saturated carbocycles. The number of piperidine rings is 1. The zero-order valence-electron chi connectivity index (χ0n) is 14.7. The van der Waals surface area contributed by atoms with Crippen molar-refractivity contribution in [3.8, 4) is 0 Å². The fourth-order valence-electron chi connectivity index (χ4n) is 3.83. The molecule has 2 atom stereocenters. The highest BCUT2D eigenvalue weighted by Gasteiger charge is 2.29.